The summed E-state index contributed by atoms with van der Waals surface area (Å²) in [7, 11) is 3.12. The predicted octanol–water partition coefficient (Wildman–Crippen LogP) is 2.74. The van der Waals surface area contributed by atoms with E-state index in [9.17, 15) is 4.79 Å². The number of rotatable bonds is 6. The molecule has 2 rings (SSSR count). The highest BCUT2D eigenvalue weighted by Gasteiger charge is 2.10. The van der Waals surface area contributed by atoms with Crippen molar-refractivity contribution in [2.45, 2.75) is 6.42 Å². The topological polar surface area (TPSA) is 47.6 Å². The minimum Gasteiger partial charge on any atom is -0.493 e. The second-order valence-corrected chi connectivity index (χ2v) is 4.99. The maximum atomic E-state index is 12.0. The van der Waals surface area contributed by atoms with Gasteiger partial charge in [-0.25, -0.2) is 0 Å². The monoisotopic (exact) mass is 291 g/mol. The highest BCUT2D eigenvalue weighted by Crippen LogP contribution is 2.27. The van der Waals surface area contributed by atoms with Gasteiger partial charge in [-0.3, -0.25) is 4.79 Å². The molecule has 0 aliphatic heterocycles. The Hall–Kier alpha value is -2.01. The molecule has 1 N–H and O–H groups in total. The molecule has 0 radical (unpaired) electrons. The van der Waals surface area contributed by atoms with Gasteiger partial charge in [-0.2, -0.15) is 11.3 Å². The van der Waals surface area contributed by atoms with Gasteiger partial charge >= 0.3 is 0 Å². The molecule has 106 valence electrons. The fourth-order valence-electron chi connectivity index (χ4n) is 1.83. The molecule has 20 heavy (non-hydrogen) atoms. The lowest BCUT2D eigenvalue weighted by atomic mass is 10.2. The van der Waals surface area contributed by atoms with E-state index in [0.717, 1.165) is 6.42 Å². The van der Waals surface area contributed by atoms with Crippen molar-refractivity contribution >= 4 is 17.2 Å². The maximum Gasteiger partial charge on any atom is 0.251 e. The Morgan fingerprint density at radius 2 is 2.00 bits per heavy atom. The predicted molar refractivity (Wildman–Crippen MR) is 79.9 cm³/mol. The number of amides is 1. The summed E-state index contributed by atoms with van der Waals surface area (Å²) in [5.41, 5.74) is 1.80. The van der Waals surface area contributed by atoms with Crippen molar-refractivity contribution in [3.8, 4) is 11.5 Å². The van der Waals surface area contributed by atoms with Crippen LogP contribution in [-0.2, 0) is 6.42 Å². The van der Waals surface area contributed by atoms with Crippen LogP contribution in [0.1, 0.15) is 15.9 Å². The molecular weight excluding hydrogens is 274 g/mol. The minimum atomic E-state index is -0.110. The molecule has 0 bridgehead atoms. The molecular formula is C15H17NO3S. The Labute approximate surface area is 122 Å². The molecule has 5 heteroatoms. The molecule has 2 aromatic rings. The van der Waals surface area contributed by atoms with Crippen molar-refractivity contribution in [3.05, 3.63) is 46.2 Å². The summed E-state index contributed by atoms with van der Waals surface area (Å²) in [4.78, 5) is 12.0. The van der Waals surface area contributed by atoms with Crippen LogP contribution in [0.15, 0.2) is 35.0 Å². The van der Waals surface area contributed by atoms with Crippen molar-refractivity contribution in [2.24, 2.45) is 0 Å². The highest BCUT2D eigenvalue weighted by atomic mass is 32.1. The Balaban J connectivity index is 1.95. The van der Waals surface area contributed by atoms with Crippen LogP contribution >= 0.6 is 11.3 Å². The van der Waals surface area contributed by atoms with Crippen LogP contribution < -0.4 is 14.8 Å². The van der Waals surface area contributed by atoms with E-state index in [2.05, 4.69) is 16.8 Å². The van der Waals surface area contributed by atoms with Crippen molar-refractivity contribution in [2.75, 3.05) is 20.8 Å². The van der Waals surface area contributed by atoms with E-state index in [4.69, 9.17) is 9.47 Å². The number of nitrogens with one attached hydrogen (secondary N) is 1. The number of ether oxygens (including phenoxy) is 2. The Morgan fingerprint density at radius 1 is 1.20 bits per heavy atom. The van der Waals surface area contributed by atoms with Crippen molar-refractivity contribution in [1.29, 1.82) is 0 Å². The maximum absolute atomic E-state index is 12.0. The first-order valence-electron chi connectivity index (χ1n) is 6.26. The van der Waals surface area contributed by atoms with Gasteiger partial charge < -0.3 is 14.8 Å². The molecule has 0 atom stereocenters. The molecule has 1 heterocycles. The highest BCUT2D eigenvalue weighted by molar-refractivity contribution is 7.07. The molecule has 0 fully saturated rings. The van der Waals surface area contributed by atoms with Gasteiger partial charge in [0.15, 0.2) is 11.5 Å². The Kier molecular flexibility index (Phi) is 5.01. The number of thiophene rings is 1. The average molecular weight is 291 g/mol. The van der Waals surface area contributed by atoms with Crippen molar-refractivity contribution < 1.29 is 14.3 Å². The number of carbonyl (C=O) groups is 1. The van der Waals surface area contributed by atoms with Crippen molar-refractivity contribution in [3.63, 3.8) is 0 Å². The van der Waals surface area contributed by atoms with E-state index in [0.29, 0.717) is 23.6 Å². The Morgan fingerprint density at radius 3 is 2.65 bits per heavy atom. The fraction of sp³-hybridized carbons (Fsp3) is 0.267. The molecule has 0 aliphatic rings. The van der Waals surface area contributed by atoms with E-state index < -0.39 is 0 Å². The average Bonchev–Trinajstić information content (AvgIpc) is 2.99. The molecule has 1 aromatic heterocycles. The third-order valence-electron chi connectivity index (χ3n) is 2.93. The quantitative estimate of drug-likeness (QED) is 0.890. The van der Waals surface area contributed by atoms with E-state index in [1.165, 1.54) is 5.56 Å². The largest absolute Gasteiger partial charge is 0.493 e. The van der Waals surface area contributed by atoms with E-state index in [-0.39, 0.29) is 5.91 Å². The lowest BCUT2D eigenvalue weighted by Crippen LogP contribution is -2.25. The summed E-state index contributed by atoms with van der Waals surface area (Å²) < 4.78 is 10.3. The molecule has 1 amide bonds. The van der Waals surface area contributed by atoms with Gasteiger partial charge in [-0.15, -0.1) is 0 Å². The number of hydrogen-bond donors (Lipinski definition) is 1. The summed E-state index contributed by atoms with van der Waals surface area (Å²) >= 11 is 1.66. The fourth-order valence-corrected chi connectivity index (χ4v) is 2.54. The first-order chi connectivity index (χ1) is 9.74. The summed E-state index contributed by atoms with van der Waals surface area (Å²) in [5, 5.41) is 7.01. The van der Waals surface area contributed by atoms with E-state index in [1.54, 1.807) is 43.8 Å². The van der Waals surface area contributed by atoms with E-state index >= 15 is 0 Å². The Bertz CT molecular complexity index is 567. The minimum absolute atomic E-state index is 0.110. The normalized spacial score (nSPS) is 10.1. The van der Waals surface area contributed by atoms with Crippen LogP contribution in [-0.4, -0.2) is 26.7 Å². The van der Waals surface area contributed by atoms with Gasteiger partial charge in [0.05, 0.1) is 14.2 Å². The number of hydrogen-bond acceptors (Lipinski definition) is 4. The smallest absolute Gasteiger partial charge is 0.251 e. The van der Waals surface area contributed by atoms with Crippen LogP contribution in [0.5, 0.6) is 11.5 Å². The molecule has 0 saturated heterocycles. The third kappa shape index (κ3) is 3.51. The zero-order chi connectivity index (χ0) is 14.4. The molecule has 0 aliphatic carbocycles. The summed E-state index contributed by atoms with van der Waals surface area (Å²) in [6.45, 7) is 0.615. The van der Waals surface area contributed by atoms with Gasteiger partial charge in [0.2, 0.25) is 0 Å². The molecule has 0 spiro atoms. The zero-order valence-electron chi connectivity index (χ0n) is 11.5. The number of methoxy groups -OCH3 is 2. The molecule has 4 nitrogen and oxygen atoms in total. The van der Waals surface area contributed by atoms with Crippen LogP contribution in [0.4, 0.5) is 0 Å². The summed E-state index contributed by atoms with van der Waals surface area (Å²) in [6.07, 6.45) is 0.836. The van der Waals surface area contributed by atoms with Crippen LogP contribution in [0, 0.1) is 0 Å². The molecule has 0 unspecified atom stereocenters. The summed E-state index contributed by atoms with van der Waals surface area (Å²) in [5.74, 6) is 1.06. The molecule has 0 saturated carbocycles. The zero-order valence-corrected chi connectivity index (χ0v) is 12.3. The van der Waals surface area contributed by atoms with Crippen LogP contribution in [0.2, 0.25) is 0 Å². The van der Waals surface area contributed by atoms with Gasteiger partial charge in [0.25, 0.3) is 5.91 Å². The van der Waals surface area contributed by atoms with Crippen molar-refractivity contribution in [1.82, 2.24) is 5.32 Å². The first-order valence-corrected chi connectivity index (χ1v) is 7.20. The number of benzene rings is 1. The van der Waals surface area contributed by atoms with Gasteiger partial charge in [-0.05, 0) is 47.0 Å². The van der Waals surface area contributed by atoms with Crippen LogP contribution in [0.3, 0.4) is 0 Å². The first kappa shape index (κ1) is 14.4. The van der Waals surface area contributed by atoms with Gasteiger partial charge in [0, 0.05) is 12.1 Å². The molecule has 1 aromatic carbocycles. The van der Waals surface area contributed by atoms with E-state index in [1.807, 2.05) is 5.38 Å². The van der Waals surface area contributed by atoms with Gasteiger partial charge in [0.1, 0.15) is 0 Å². The lowest BCUT2D eigenvalue weighted by molar-refractivity contribution is 0.0953. The third-order valence-corrected chi connectivity index (χ3v) is 3.66. The number of carbonyl (C=O) groups excluding carboxylic acids is 1. The lowest BCUT2D eigenvalue weighted by Gasteiger charge is -2.09. The SMILES string of the molecule is COc1ccc(C(=O)NCCc2ccsc2)cc1OC. The van der Waals surface area contributed by atoms with Gasteiger partial charge in [-0.1, -0.05) is 0 Å². The van der Waals surface area contributed by atoms with Crippen LogP contribution in [0.25, 0.3) is 0 Å². The second kappa shape index (κ2) is 6.96. The standard InChI is InChI=1S/C15H17NO3S/c1-18-13-4-3-12(9-14(13)19-2)15(17)16-7-5-11-6-8-20-10-11/h3-4,6,8-10H,5,7H2,1-2H3,(H,16,17). The second-order valence-electron chi connectivity index (χ2n) is 4.21. The summed E-state index contributed by atoms with van der Waals surface area (Å²) in [6, 6.07) is 7.19.